The number of hydrogen-bond donors (Lipinski definition) is 1. The molecule has 0 saturated heterocycles. The maximum atomic E-state index is 6.69. The van der Waals surface area contributed by atoms with Gasteiger partial charge < -0.3 is 5.73 Å². The molecule has 4 rings (SSSR count). The molecule has 2 aromatic rings. The Morgan fingerprint density at radius 1 is 1.00 bits per heavy atom. The van der Waals surface area contributed by atoms with E-state index in [9.17, 15) is 0 Å². The first-order valence-electron chi connectivity index (χ1n) is 10.2. The molecule has 29 heavy (non-hydrogen) atoms. The van der Waals surface area contributed by atoms with Crippen LogP contribution in [0.1, 0.15) is 37.0 Å². The number of allylic oxidation sites excluding steroid dienone is 6. The van der Waals surface area contributed by atoms with Gasteiger partial charge >= 0.3 is 0 Å². The number of benzene rings is 2. The summed E-state index contributed by atoms with van der Waals surface area (Å²) < 4.78 is 0. The van der Waals surface area contributed by atoms with Crippen LogP contribution in [-0.4, -0.2) is 12.4 Å². The first-order chi connectivity index (χ1) is 14.3. The van der Waals surface area contributed by atoms with Gasteiger partial charge in [-0.1, -0.05) is 98.3 Å². The lowest BCUT2D eigenvalue weighted by atomic mass is 9.89. The Labute approximate surface area is 178 Å². The molecule has 0 radical (unpaired) electrons. The van der Waals surface area contributed by atoms with Gasteiger partial charge in [0.05, 0.1) is 17.4 Å². The molecule has 0 unspecified atom stereocenters. The molecule has 2 aromatic carbocycles. The number of aliphatic imine (C=N–C) groups is 1. The summed E-state index contributed by atoms with van der Waals surface area (Å²) in [6, 6.07) is 15.0. The Bertz CT molecular complexity index is 1010. The maximum Gasteiger partial charge on any atom is 0.0866 e. The molecular formula is C26H27ClN2. The van der Waals surface area contributed by atoms with E-state index < -0.39 is 0 Å². The van der Waals surface area contributed by atoms with Crippen LogP contribution in [0.15, 0.2) is 83.4 Å². The van der Waals surface area contributed by atoms with Crippen molar-refractivity contribution in [2.24, 2.45) is 10.7 Å². The predicted octanol–water partition coefficient (Wildman–Crippen LogP) is 6.77. The van der Waals surface area contributed by atoms with Gasteiger partial charge in [-0.05, 0) is 46.7 Å². The largest absolute Gasteiger partial charge is 0.312 e. The van der Waals surface area contributed by atoms with Crippen LogP contribution in [0.5, 0.6) is 0 Å². The van der Waals surface area contributed by atoms with E-state index in [-0.39, 0.29) is 6.67 Å². The van der Waals surface area contributed by atoms with E-state index in [1.807, 2.05) is 38.2 Å². The number of nitrogens with zero attached hydrogens (tertiary/aromatic N) is 1. The van der Waals surface area contributed by atoms with E-state index in [0.29, 0.717) is 5.03 Å². The summed E-state index contributed by atoms with van der Waals surface area (Å²) in [5.74, 6) is 0. The summed E-state index contributed by atoms with van der Waals surface area (Å²) in [6.07, 6.45) is 14.5. The maximum absolute atomic E-state index is 6.69. The summed E-state index contributed by atoms with van der Waals surface area (Å²) in [7, 11) is 0. The molecule has 2 aliphatic carbocycles. The summed E-state index contributed by atoms with van der Waals surface area (Å²) >= 11 is 6.69. The lowest BCUT2D eigenvalue weighted by Gasteiger charge is -2.15. The van der Waals surface area contributed by atoms with Gasteiger partial charge in [-0.15, -0.1) is 0 Å². The second-order valence-corrected chi connectivity index (χ2v) is 6.95. The molecule has 148 valence electrons. The molecule has 3 heteroatoms. The van der Waals surface area contributed by atoms with Crippen molar-refractivity contribution in [1.29, 1.82) is 0 Å². The number of aryl methyl sites for hydroxylation is 1. The highest BCUT2D eigenvalue weighted by Crippen LogP contribution is 2.33. The zero-order valence-electron chi connectivity index (χ0n) is 17.0. The van der Waals surface area contributed by atoms with Crippen molar-refractivity contribution in [2.75, 3.05) is 6.67 Å². The molecule has 0 amide bonds. The summed E-state index contributed by atoms with van der Waals surface area (Å²) in [6.45, 7) is 4.24. The number of fused-ring (bicyclic) bond motifs is 1. The number of hydrogen-bond acceptors (Lipinski definition) is 2. The monoisotopic (exact) mass is 402 g/mol. The molecule has 2 aliphatic rings. The fourth-order valence-corrected chi connectivity index (χ4v) is 3.85. The van der Waals surface area contributed by atoms with E-state index in [1.165, 1.54) is 22.3 Å². The molecule has 0 heterocycles. The lowest BCUT2D eigenvalue weighted by Crippen LogP contribution is -2.06. The van der Waals surface area contributed by atoms with Crippen LogP contribution in [-0.2, 0) is 6.42 Å². The van der Waals surface area contributed by atoms with Crippen molar-refractivity contribution in [3.63, 3.8) is 0 Å². The second-order valence-electron chi connectivity index (χ2n) is 6.57. The first kappa shape index (κ1) is 21.0. The van der Waals surface area contributed by atoms with E-state index in [1.54, 1.807) is 0 Å². The van der Waals surface area contributed by atoms with Crippen LogP contribution in [0.25, 0.3) is 22.2 Å². The van der Waals surface area contributed by atoms with Gasteiger partial charge in [-0.3, -0.25) is 4.99 Å². The average Bonchev–Trinajstić information content (AvgIpc) is 2.80. The standard InChI is InChI=1S/C24H21ClN2.C2H6/c25-24(22-9-3-4-11-23(22)27-16-26)19-14-12-18(13-15-19)21-10-5-7-17-6-1-2-8-20(17)21;1-2/h2-5,7-15H,1,6,16,26H2;1-2H3/b24-22-,27-23-;. The van der Waals surface area contributed by atoms with E-state index in [0.717, 1.165) is 29.7 Å². The molecule has 0 spiro atoms. The lowest BCUT2D eigenvalue weighted by molar-refractivity contribution is 0.986. The number of halogens is 1. The van der Waals surface area contributed by atoms with E-state index in [4.69, 9.17) is 17.3 Å². The Kier molecular flexibility index (Phi) is 7.40. The highest BCUT2D eigenvalue weighted by molar-refractivity contribution is 6.52. The summed E-state index contributed by atoms with van der Waals surface area (Å²) in [5, 5.41) is 0.685. The Morgan fingerprint density at radius 3 is 2.52 bits per heavy atom. The topological polar surface area (TPSA) is 38.4 Å². The molecule has 0 fully saturated rings. The third-order valence-electron chi connectivity index (χ3n) is 4.91. The molecule has 0 aliphatic heterocycles. The van der Waals surface area contributed by atoms with E-state index >= 15 is 0 Å². The Morgan fingerprint density at radius 2 is 1.76 bits per heavy atom. The van der Waals surface area contributed by atoms with Gasteiger partial charge in [-0.2, -0.15) is 0 Å². The van der Waals surface area contributed by atoms with Gasteiger partial charge in [0.25, 0.3) is 0 Å². The van der Waals surface area contributed by atoms with Crippen LogP contribution < -0.4 is 5.73 Å². The first-order valence-corrected chi connectivity index (χ1v) is 10.5. The molecular weight excluding hydrogens is 376 g/mol. The molecule has 2 nitrogen and oxygen atoms in total. The third-order valence-corrected chi connectivity index (χ3v) is 5.33. The summed E-state index contributed by atoms with van der Waals surface area (Å²) in [4.78, 5) is 4.33. The molecule has 0 saturated carbocycles. The fraction of sp³-hybridized carbons (Fsp3) is 0.192. The minimum Gasteiger partial charge on any atom is -0.312 e. The highest BCUT2D eigenvalue weighted by atomic mass is 35.5. The smallest absolute Gasteiger partial charge is 0.0866 e. The molecule has 0 aromatic heterocycles. The SMILES string of the molecule is CC.NC/N=C1/C=CC=C/C1=C(/Cl)c1ccc(-c2cccc3c2C=CCC3)cc1. The van der Waals surface area contributed by atoms with Crippen molar-refractivity contribution >= 4 is 28.4 Å². The van der Waals surface area contributed by atoms with Crippen LogP contribution in [0.2, 0.25) is 0 Å². The zero-order chi connectivity index (χ0) is 20.6. The zero-order valence-corrected chi connectivity index (χ0v) is 17.8. The molecule has 2 N–H and O–H groups in total. The van der Waals surface area contributed by atoms with E-state index in [2.05, 4.69) is 59.6 Å². The predicted molar refractivity (Wildman–Crippen MR) is 128 cm³/mol. The number of nitrogens with two attached hydrogens (primary N) is 1. The second kappa shape index (κ2) is 10.2. The van der Waals surface area contributed by atoms with Crippen LogP contribution >= 0.6 is 11.6 Å². The minimum atomic E-state index is 0.243. The van der Waals surface area contributed by atoms with Gasteiger partial charge in [0.1, 0.15) is 0 Å². The highest BCUT2D eigenvalue weighted by Gasteiger charge is 2.13. The van der Waals surface area contributed by atoms with Gasteiger partial charge in [0, 0.05) is 5.57 Å². The van der Waals surface area contributed by atoms with Crippen LogP contribution in [0.3, 0.4) is 0 Å². The third kappa shape index (κ3) is 4.67. The van der Waals surface area contributed by atoms with Crippen LogP contribution in [0.4, 0.5) is 0 Å². The minimum absolute atomic E-state index is 0.243. The Hall–Kier alpha value is -2.68. The normalized spacial score (nSPS) is 17.6. The van der Waals surface area contributed by atoms with Gasteiger partial charge in [0.15, 0.2) is 0 Å². The van der Waals surface area contributed by atoms with Crippen molar-refractivity contribution in [2.45, 2.75) is 26.7 Å². The van der Waals surface area contributed by atoms with Gasteiger partial charge in [-0.25, -0.2) is 0 Å². The number of rotatable bonds is 3. The summed E-state index contributed by atoms with van der Waals surface area (Å²) in [5.41, 5.74) is 13.5. The van der Waals surface area contributed by atoms with Crippen molar-refractivity contribution in [3.05, 3.63) is 95.1 Å². The molecule has 0 bridgehead atoms. The fourth-order valence-electron chi connectivity index (χ4n) is 3.57. The van der Waals surface area contributed by atoms with Crippen molar-refractivity contribution in [1.82, 2.24) is 0 Å². The van der Waals surface area contributed by atoms with Crippen molar-refractivity contribution < 1.29 is 0 Å². The average molecular weight is 403 g/mol. The van der Waals surface area contributed by atoms with Crippen LogP contribution in [0, 0.1) is 0 Å². The van der Waals surface area contributed by atoms with Crippen molar-refractivity contribution in [3.8, 4) is 11.1 Å². The molecule has 0 atom stereocenters. The Balaban J connectivity index is 0.00000117. The quantitative estimate of drug-likeness (QED) is 0.604. The van der Waals surface area contributed by atoms with Gasteiger partial charge in [0.2, 0.25) is 0 Å².